The number of benzene rings is 2. The van der Waals surface area contributed by atoms with Gasteiger partial charge in [0.1, 0.15) is 0 Å². The Balaban J connectivity index is 1.75. The van der Waals surface area contributed by atoms with Crippen LogP contribution in [0.2, 0.25) is 0 Å². The number of nitrogens with one attached hydrogen (secondary N) is 3. The maximum Gasteiger partial charge on any atom is 0.256 e. The molecule has 8 nitrogen and oxygen atoms in total. The molecule has 0 amide bonds. The van der Waals surface area contributed by atoms with Crippen LogP contribution in [0.4, 0.5) is 0 Å². The summed E-state index contributed by atoms with van der Waals surface area (Å²) in [5.74, 6) is 0.0374. The van der Waals surface area contributed by atoms with Crippen molar-refractivity contribution < 1.29 is 13.5 Å². The summed E-state index contributed by atoms with van der Waals surface area (Å²) in [5, 5.41) is 18.7. The van der Waals surface area contributed by atoms with Crippen LogP contribution in [0.5, 0.6) is 0 Å². The van der Waals surface area contributed by atoms with Crippen LogP contribution >= 0.6 is 0 Å². The summed E-state index contributed by atoms with van der Waals surface area (Å²) in [6, 6.07) is 13.2. The lowest BCUT2D eigenvalue weighted by Crippen LogP contribution is -2.36. The van der Waals surface area contributed by atoms with Gasteiger partial charge in [-0.3, -0.25) is 4.79 Å². The number of hydrogen-bond acceptors (Lipinski definition) is 6. The fourth-order valence-electron chi connectivity index (χ4n) is 4.42. The molecular weight excluding hydrogens is 452 g/mol. The van der Waals surface area contributed by atoms with Gasteiger partial charge in [-0.15, -0.1) is 0 Å². The molecule has 4 N–H and O–H groups in total. The van der Waals surface area contributed by atoms with Crippen LogP contribution in [0.25, 0.3) is 27.6 Å². The van der Waals surface area contributed by atoms with E-state index in [1.165, 1.54) is 19.1 Å². The third kappa shape index (κ3) is 4.82. The standard InChI is InChI=1S/C25H28N4O4S/c1-15(26)24(16(2)30)18-7-8-23-19(11-18)13-22(25(31)27-23)17-5-4-6-21(12-17)34(32,33)28-20-9-10-29(3)14-20/h4-8,11-13,20,26,28,30H,9-10,14H2,1-3H3,(H,27,31)/b24-16+,26-15?. The second-order valence-corrected chi connectivity index (χ2v) is 10.5. The van der Waals surface area contributed by atoms with Crippen LogP contribution in [-0.4, -0.2) is 55.3 Å². The van der Waals surface area contributed by atoms with E-state index in [-0.39, 0.29) is 28.0 Å². The van der Waals surface area contributed by atoms with Gasteiger partial charge in [0.25, 0.3) is 5.56 Å². The van der Waals surface area contributed by atoms with Crippen molar-refractivity contribution in [2.24, 2.45) is 0 Å². The highest BCUT2D eigenvalue weighted by molar-refractivity contribution is 7.89. The van der Waals surface area contributed by atoms with Gasteiger partial charge in [-0.05, 0) is 80.7 Å². The Hall–Kier alpha value is -3.27. The summed E-state index contributed by atoms with van der Waals surface area (Å²) in [6.07, 6.45) is 0.751. The SMILES string of the molecule is CC(=N)/C(=C(/C)O)c1ccc2[nH]c(=O)c(-c3cccc(S(=O)(=O)NC4CCN(C)C4)c3)cc2c1. The van der Waals surface area contributed by atoms with E-state index in [4.69, 9.17) is 5.41 Å². The highest BCUT2D eigenvalue weighted by Crippen LogP contribution is 2.26. The largest absolute Gasteiger partial charge is 0.512 e. The predicted octanol–water partition coefficient (Wildman–Crippen LogP) is 3.51. The molecule has 4 rings (SSSR count). The Morgan fingerprint density at radius 3 is 2.59 bits per heavy atom. The van der Waals surface area contributed by atoms with Crippen LogP contribution < -0.4 is 10.3 Å². The summed E-state index contributed by atoms with van der Waals surface area (Å²) >= 11 is 0. The van der Waals surface area contributed by atoms with Gasteiger partial charge in [-0.2, -0.15) is 0 Å². The Bertz CT molecular complexity index is 1470. The van der Waals surface area contributed by atoms with E-state index in [9.17, 15) is 18.3 Å². The van der Waals surface area contributed by atoms with Gasteiger partial charge in [-0.1, -0.05) is 18.2 Å². The van der Waals surface area contributed by atoms with E-state index >= 15 is 0 Å². The summed E-state index contributed by atoms with van der Waals surface area (Å²) < 4.78 is 28.7. The molecule has 1 aliphatic heterocycles. The molecule has 0 radical (unpaired) electrons. The number of likely N-dealkylation sites (N-methyl/N-ethyl adjacent to an activating group) is 1. The summed E-state index contributed by atoms with van der Waals surface area (Å²) in [5.41, 5.74) is 2.38. The van der Waals surface area contributed by atoms with Crippen LogP contribution in [0.15, 0.2) is 64.0 Å². The van der Waals surface area contributed by atoms with Gasteiger partial charge < -0.3 is 20.4 Å². The van der Waals surface area contributed by atoms with Crippen molar-refractivity contribution in [3.63, 3.8) is 0 Å². The van der Waals surface area contributed by atoms with Crippen LogP contribution in [0.3, 0.4) is 0 Å². The van der Waals surface area contributed by atoms with E-state index in [1.54, 1.807) is 43.3 Å². The van der Waals surface area contributed by atoms with Gasteiger partial charge in [0, 0.05) is 35.0 Å². The molecule has 0 spiro atoms. The Morgan fingerprint density at radius 1 is 1.18 bits per heavy atom. The number of likely N-dealkylation sites (tertiary alicyclic amines) is 1. The number of nitrogens with zero attached hydrogens (tertiary/aromatic N) is 1. The fourth-order valence-corrected chi connectivity index (χ4v) is 5.73. The molecule has 0 bridgehead atoms. The number of H-pyrrole nitrogens is 1. The summed E-state index contributed by atoms with van der Waals surface area (Å²) in [7, 11) is -1.78. The molecule has 1 fully saturated rings. The quantitative estimate of drug-likeness (QED) is 0.317. The number of aliphatic hydroxyl groups is 1. The first-order valence-electron chi connectivity index (χ1n) is 11.0. The first-order valence-corrected chi connectivity index (χ1v) is 12.5. The van der Waals surface area contributed by atoms with Gasteiger partial charge >= 0.3 is 0 Å². The molecule has 178 valence electrons. The number of aromatic amines is 1. The van der Waals surface area contributed by atoms with E-state index in [0.717, 1.165) is 13.0 Å². The van der Waals surface area contributed by atoms with Gasteiger partial charge in [0.05, 0.1) is 10.7 Å². The highest BCUT2D eigenvalue weighted by atomic mass is 32.2. The average molecular weight is 481 g/mol. The van der Waals surface area contributed by atoms with Crippen molar-refractivity contribution in [3.8, 4) is 11.1 Å². The van der Waals surface area contributed by atoms with E-state index in [0.29, 0.717) is 39.7 Å². The minimum Gasteiger partial charge on any atom is -0.512 e. The molecule has 9 heteroatoms. The zero-order chi connectivity index (χ0) is 24.6. The van der Waals surface area contributed by atoms with Crippen LogP contribution in [-0.2, 0) is 10.0 Å². The van der Waals surface area contributed by atoms with Crippen molar-refractivity contribution in [2.45, 2.75) is 31.2 Å². The molecule has 2 aromatic carbocycles. The topological polar surface area (TPSA) is 126 Å². The Kier molecular flexibility index (Phi) is 6.44. The van der Waals surface area contributed by atoms with Crippen molar-refractivity contribution in [1.29, 1.82) is 5.41 Å². The monoisotopic (exact) mass is 480 g/mol. The van der Waals surface area contributed by atoms with Gasteiger partial charge in [-0.25, -0.2) is 13.1 Å². The van der Waals surface area contributed by atoms with Crippen molar-refractivity contribution in [2.75, 3.05) is 20.1 Å². The van der Waals surface area contributed by atoms with Gasteiger partial charge in [0.2, 0.25) is 10.0 Å². The number of aliphatic hydroxyl groups excluding tert-OH is 1. The molecule has 0 aliphatic carbocycles. The maximum absolute atomic E-state index is 13.0. The lowest BCUT2D eigenvalue weighted by atomic mass is 9.98. The third-order valence-electron chi connectivity index (χ3n) is 6.04. The first-order chi connectivity index (χ1) is 16.0. The average Bonchev–Trinajstić information content (AvgIpc) is 3.17. The van der Waals surface area contributed by atoms with E-state index < -0.39 is 10.0 Å². The maximum atomic E-state index is 13.0. The minimum absolute atomic E-state index is 0.0374. The third-order valence-corrected chi connectivity index (χ3v) is 7.56. The van der Waals surface area contributed by atoms with Crippen LogP contribution in [0.1, 0.15) is 25.8 Å². The van der Waals surface area contributed by atoms with Crippen molar-refractivity contribution >= 4 is 32.2 Å². The summed E-state index contributed by atoms with van der Waals surface area (Å²) in [6.45, 7) is 4.62. The second kappa shape index (κ2) is 9.17. The molecule has 3 aromatic rings. The lowest BCUT2D eigenvalue weighted by Gasteiger charge is -2.14. The number of aromatic nitrogens is 1. The molecule has 1 aromatic heterocycles. The van der Waals surface area contributed by atoms with E-state index in [1.807, 2.05) is 7.05 Å². The highest BCUT2D eigenvalue weighted by Gasteiger charge is 2.25. The Labute approximate surface area is 198 Å². The van der Waals surface area contributed by atoms with Gasteiger partial charge in [0.15, 0.2) is 0 Å². The normalized spacial score (nSPS) is 17.7. The zero-order valence-corrected chi connectivity index (χ0v) is 20.2. The number of hydrogen-bond donors (Lipinski definition) is 4. The number of fused-ring (bicyclic) bond motifs is 1. The smallest absolute Gasteiger partial charge is 0.256 e. The molecule has 2 heterocycles. The number of pyridine rings is 1. The minimum atomic E-state index is -3.74. The number of sulfonamides is 1. The summed E-state index contributed by atoms with van der Waals surface area (Å²) in [4.78, 5) is 17.9. The number of rotatable bonds is 6. The predicted molar refractivity (Wildman–Crippen MR) is 135 cm³/mol. The molecule has 0 saturated carbocycles. The molecule has 1 atom stereocenters. The Morgan fingerprint density at radius 2 is 1.94 bits per heavy atom. The lowest BCUT2D eigenvalue weighted by molar-refractivity contribution is 0.407. The molecule has 1 saturated heterocycles. The van der Waals surface area contributed by atoms with Crippen molar-refractivity contribution in [1.82, 2.24) is 14.6 Å². The molecule has 34 heavy (non-hydrogen) atoms. The second-order valence-electron chi connectivity index (χ2n) is 8.80. The van der Waals surface area contributed by atoms with Crippen LogP contribution in [0, 0.1) is 5.41 Å². The molecular formula is C25H28N4O4S. The first kappa shape index (κ1) is 23.9. The van der Waals surface area contributed by atoms with Crippen molar-refractivity contribution in [3.05, 3.63) is 70.2 Å². The molecule has 1 aliphatic rings. The fraction of sp³-hybridized carbons (Fsp3) is 0.280. The zero-order valence-electron chi connectivity index (χ0n) is 19.3. The van der Waals surface area contributed by atoms with E-state index in [2.05, 4.69) is 14.6 Å². The number of allylic oxidation sites excluding steroid dienone is 2. The molecule has 1 unspecified atom stereocenters.